The van der Waals surface area contributed by atoms with E-state index in [9.17, 15) is 4.79 Å². The molecule has 0 fully saturated rings. The molecule has 20 heavy (non-hydrogen) atoms. The van der Waals surface area contributed by atoms with Crippen molar-refractivity contribution in [2.75, 3.05) is 0 Å². The molecule has 2 N–H and O–H groups in total. The number of hydrogen-bond donors (Lipinski definition) is 1. The quantitative estimate of drug-likeness (QED) is 0.804. The number of rotatable bonds is 3. The smallest absolute Gasteiger partial charge is 0.271 e. The van der Waals surface area contributed by atoms with Crippen molar-refractivity contribution in [1.29, 1.82) is 0 Å². The summed E-state index contributed by atoms with van der Waals surface area (Å²) in [6.07, 6.45) is 1.59. The Hall–Kier alpha value is -1.98. The zero-order chi connectivity index (χ0) is 14.1. The van der Waals surface area contributed by atoms with E-state index < -0.39 is 0 Å². The molecule has 2 aromatic heterocycles. The average molecular weight is 285 g/mol. The lowest BCUT2D eigenvalue weighted by molar-refractivity contribution is 0.559. The van der Waals surface area contributed by atoms with Crippen molar-refractivity contribution in [1.82, 2.24) is 9.55 Å². The molecule has 0 radical (unpaired) electrons. The van der Waals surface area contributed by atoms with Gasteiger partial charge < -0.3 is 5.73 Å². The van der Waals surface area contributed by atoms with Crippen molar-refractivity contribution >= 4 is 21.6 Å². The molecule has 5 heteroatoms. The van der Waals surface area contributed by atoms with Gasteiger partial charge in [-0.3, -0.25) is 9.36 Å². The van der Waals surface area contributed by atoms with Gasteiger partial charge >= 0.3 is 0 Å². The van der Waals surface area contributed by atoms with Crippen LogP contribution in [0, 0.1) is 6.92 Å². The number of thiophene rings is 1. The van der Waals surface area contributed by atoms with Crippen LogP contribution in [0.25, 0.3) is 10.2 Å². The molecular formula is C15H15N3OS. The third kappa shape index (κ3) is 2.26. The minimum absolute atomic E-state index is 0.0144. The molecule has 0 spiro atoms. The highest BCUT2D eigenvalue weighted by Crippen LogP contribution is 2.20. The maximum Gasteiger partial charge on any atom is 0.271 e. The molecule has 1 aromatic carbocycles. The van der Waals surface area contributed by atoms with Gasteiger partial charge in [0.25, 0.3) is 5.56 Å². The Kier molecular flexibility index (Phi) is 3.38. The SMILES string of the molecule is Cc1csc2c(=O)n(CC(N)c3ccccc3)cnc12. The fraction of sp³-hybridized carbons (Fsp3) is 0.200. The van der Waals surface area contributed by atoms with E-state index >= 15 is 0 Å². The Labute approximate surface area is 120 Å². The van der Waals surface area contributed by atoms with Crippen LogP contribution in [0.3, 0.4) is 0 Å². The van der Waals surface area contributed by atoms with Crippen LogP contribution < -0.4 is 11.3 Å². The standard InChI is InChI=1S/C15H15N3OS/c1-10-8-20-14-13(10)17-9-18(15(14)19)7-12(16)11-5-3-2-4-6-11/h2-6,8-9,12H,7,16H2,1H3. The van der Waals surface area contributed by atoms with Crippen molar-refractivity contribution in [3.8, 4) is 0 Å². The molecule has 1 unspecified atom stereocenters. The molecule has 0 amide bonds. The highest BCUT2D eigenvalue weighted by atomic mass is 32.1. The normalized spacial score (nSPS) is 12.7. The molecule has 0 aliphatic rings. The van der Waals surface area contributed by atoms with Gasteiger partial charge in [-0.1, -0.05) is 30.3 Å². The predicted molar refractivity (Wildman–Crippen MR) is 82.0 cm³/mol. The highest BCUT2D eigenvalue weighted by molar-refractivity contribution is 7.17. The minimum atomic E-state index is -0.214. The van der Waals surface area contributed by atoms with E-state index in [0.29, 0.717) is 11.2 Å². The van der Waals surface area contributed by atoms with Gasteiger partial charge in [0.15, 0.2) is 0 Å². The summed E-state index contributed by atoms with van der Waals surface area (Å²) >= 11 is 1.44. The highest BCUT2D eigenvalue weighted by Gasteiger charge is 2.11. The van der Waals surface area contributed by atoms with Gasteiger partial charge in [0.05, 0.1) is 11.8 Å². The first-order chi connectivity index (χ1) is 9.66. The number of nitrogens with zero attached hydrogens (tertiary/aromatic N) is 2. The summed E-state index contributed by atoms with van der Waals surface area (Å²) in [5.41, 5.74) is 9.00. The number of fused-ring (bicyclic) bond motifs is 1. The van der Waals surface area contributed by atoms with Crippen LogP contribution in [0.1, 0.15) is 17.2 Å². The van der Waals surface area contributed by atoms with Crippen LogP contribution in [-0.2, 0) is 6.54 Å². The molecule has 4 nitrogen and oxygen atoms in total. The van der Waals surface area contributed by atoms with Gasteiger partial charge in [0.1, 0.15) is 4.70 Å². The van der Waals surface area contributed by atoms with Gasteiger partial charge in [-0.25, -0.2) is 4.98 Å². The summed E-state index contributed by atoms with van der Waals surface area (Å²) in [4.78, 5) is 16.8. The number of aryl methyl sites for hydroxylation is 1. The predicted octanol–water partition coefficient (Wildman–Crippen LogP) is 2.47. The second kappa shape index (κ2) is 5.19. The molecule has 0 aliphatic carbocycles. The second-order valence-electron chi connectivity index (χ2n) is 4.82. The first-order valence-corrected chi connectivity index (χ1v) is 7.28. The monoisotopic (exact) mass is 285 g/mol. The first-order valence-electron chi connectivity index (χ1n) is 6.40. The Morgan fingerprint density at radius 2 is 2.10 bits per heavy atom. The van der Waals surface area contributed by atoms with Gasteiger partial charge in [-0.2, -0.15) is 0 Å². The van der Waals surface area contributed by atoms with Crippen molar-refractivity contribution < 1.29 is 0 Å². The van der Waals surface area contributed by atoms with Crippen molar-refractivity contribution in [2.24, 2.45) is 5.73 Å². The fourth-order valence-corrected chi connectivity index (χ4v) is 3.16. The van der Waals surface area contributed by atoms with Crippen molar-refractivity contribution in [3.63, 3.8) is 0 Å². The van der Waals surface area contributed by atoms with E-state index in [4.69, 9.17) is 5.73 Å². The number of hydrogen-bond acceptors (Lipinski definition) is 4. The maximum absolute atomic E-state index is 12.4. The lowest BCUT2D eigenvalue weighted by atomic mass is 10.1. The van der Waals surface area contributed by atoms with E-state index in [1.54, 1.807) is 10.9 Å². The molecule has 2 heterocycles. The summed E-state index contributed by atoms with van der Waals surface area (Å²) < 4.78 is 2.29. The zero-order valence-electron chi connectivity index (χ0n) is 11.1. The lowest BCUT2D eigenvalue weighted by Gasteiger charge is -2.13. The minimum Gasteiger partial charge on any atom is -0.322 e. The van der Waals surface area contributed by atoms with Gasteiger partial charge in [0.2, 0.25) is 0 Å². The van der Waals surface area contributed by atoms with Gasteiger partial charge in [-0.15, -0.1) is 11.3 Å². The molecule has 102 valence electrons. The van der Waals surface area contributed by atoms with Crippen LogP contribution in [0.2, 0.25) is 0 Å². The molecule has 0 aliphatic heterocycles. The fourth-order valence-electron chi connectivity index (χ4n) is 2.21. The largest absolute Gasteiger partial charge is 0.322 e. The van der Waals surface area contributed by atoms with Crippen LogP contribution in [0.5, 0.6) is 0 Å². The topological polar surface area (TPSA) is 60.9 Å². The molecule has 1 atom stereocenters. The van der Waals surface area contributed by atoms with E-state index in [0.717, 1.165) is 16.6 Å². The summed E-state index contributed by atoms with van der Waals surface area (Å²) in [6, 6.07) is 9.57. The molecule has 3 aromatic rings. The number of aromatic nitrogens is 2. The van der Waals surface area contributed by atoms with Crippen molar-refractivity contribution in [3.05, 3.63) is 63.5 Å². The molecule has 0 bridgehead atoms. The Balaban J connectivity index is 1.95. The number of benzene rings is 1. The van der Waals surface area contributed by atoms with Crippen LogP contribution >= 0.6 is 11.3 Å². The van der Waals surface area contributed by atoms with E-state index in [-0.39, 0.29) is 11.6 Å². The summed E-state index contributed by atoms with van der Waals surface area (Å²) in [5.74, 6) is 0. The Morgan fingerprint density at radius 1 is 1.35 bits per heavy atom. The Morgan fingerprint density at radius 3 is 2.85 bits per heavy atom. The van der Waals surface area contributed by atoms with Gasteiger partial charge in [-0.05, 0) is 23.4 Å². The molecular weight excluding hydrogens is 270 g/mol. The zero-order valence-corrected chi connectivity index (χ0v) is 11.9. The van der Waals surface area contributed by atoms with Crippen LogP contribution in [0.4, 0.5) is 0 Å². The van der Waals surface area contributed by atoms with Gasteiger partial charge in [0, 0.05) is 12.6 Å². The number of nitrogens with two attached hydrogens (primary N) is 1. The molecule has 0 saturated heterocycles. The second-order valence-corrected chi connectivity index (χ2v) is 5.70. The summed E-state index contributed by atoms with van der Waals surface area (Å²) in [7, 11) is 0. The average Bonchev–Trinajstić information content (AvgIpc) is 2.85. The van der Waals surface area contributed by atoms with E-state index in [1.165, 1.54) is 11.3 Å². The molecule has 0 saturated carbocycles. The van der Waals surface area contributed by atoms with E-state index in [1.807, 2.05) is 42.6 Å². The van der Waals surface area contributed by atoms with Crippen LogP contribution in [0.15, 0.2) is 46.8 Å². The summed E-state index contributed by atoms with van der Waals surface area (Å²) in [5, 5.41) is 1.96. The molecule has 3 rings (SSSR count). The van der Waals surface area contributed by atoms with Crippen molar-refractivity contribution in [2.45, 2.75) is 19.5 Å². The Bertz CT molecular complexity index is 792. The van der Waals surface area contributed by atoms with E-state index in [2.05, 4.69) is 4.98 Å². The first kappa shape index (κ1) is 13.0. The van der Waals surface area contributed by atoms with Crippen LogP contribution in [-0.4, -0.2) is 9.55 Å². The third-order valence-corrected chi connectivity index (χ3v) is 4.42. The third-order valence-electron chi connectivity index (χ3n) is 3.34. The summed E-state index contributed by atoms with van der Waals surface area (Å²) in [6.45, 7) is 2.40. The lowest BCUT2D eigenvalue weighted by Crippen LogP contribution is -2.26. The maximum atomic E-state index is 12.4.